The molecule has 0 saturated heterocycles. The number of hydrogen-bond acceptors (Lipinski definition) is 3. The lowest BCUT2D eigenvalue weighted by molar-refractivity contribution is -0.274. The van der Waals surface area contributed by atoms with Crippen LogP contribution in [0.5, 0.6) is 5.75 Å². The molecule has 3 aromatic carbocycles. The van der Waals surface area contributed by atoms with Gasteiger partial charge < -0.3 is 10.5 Å². The largest absolute Gasteiger partial charge is 0.573 e. The summed E-state index contributed by atoms with van der Waals surface area (Å²) >= 11 is 0. The van der Waals surface area contributed by atoms with Gasteiger partial charge in [0, 0.05) is 17.3 Å². The Kier molecular flexibility index (Phi) is 4.76. The fourth-order valence-corrected chi connectivity index (χ4v) is 3.26. The van der Waals surface area contributed by atoms with Crippen molar-refractivity contribution in [2.45, 2.75) is 19.3 Å². The molecule has 0 radical (unpaired) electrons. The molecule has 1 atom stereocenters. The Morgan fingerprint density at radius 1 is 1.00 bits per heavy atom. The second-order valence-electron chi connectivity index (χ2n) is 6.75. The van der Waals surface area contributed by atoms with Crippen molar-refractivity contribution in [1.82, 2.24) is 9.55 Å². The van der Waals surface area contributed by atoms with Crippen LogP contribution in [0.3, 0.4) is 0 Å². The molecule has 2 N–H and O–H groups in total. The van der Waals surface area contributed by atoms with Crippen LogP contribution in [-0.2, 0) is 0 Å². The van der Waals surface area contributed by atoms with E-state index in [2.05, 4.69) is 9.72 Å². The Hall–Kier alpha value is -3.32. The quantitative estimate of drug-likeness (QED) is 0.487. The van der Waals surface area contributed by atoms with Crippen LogP contribution in [-0.4, -0.2) is 15.9 Å². The van der Waals surface area contributed by atoms with Crippen molar-refractivity contribution in [1.29, 1.82) is 0 Å². The first-order valence-corrected chi connectivity index (χ1v) is 9.00. The maximum atomic E-state index is 12.8. The molecule has 0 aliphatic heterocycles. The predicted molar refractivity (Wildman–Crippen MR) is 106 cm³/mol. The Morgan fingerprint density at radius 3 is 2.55 bits per heavy atom. The van der Waals surface area contributed by atoms with Gasteiger partial charge in [-0.3, -0.25) is 4.57 Å². The maximum Gasteiger partial charge on any atom is 0.573 e. The van der Waals surface area contributed by atoms with Gasteiger partial charge in [-0.05, 0) is 48.4 Å². The third-order valence-electron chi connectivity index (χ3n) is 4.65. The zero-order valence-corrected chi connectivity index (χ0v) is 15.5. The van der Waals surface area contributed by atoms with Gasteiger partial charge in [-0.25, -0.2) is 4.98 Å². The molecule has 0 aliphatic rings. The van der Waals surface area contributed by atoms with Crippen LogP contribution in [0.4, 0.5) is 13.2 Å². The monoisotopic (exact) mass is 397 g/mol. The molecule has 7 heteroatoms. The molecule has 4 nitrogen and oxygen atoms in total. The summed E-state index contributed by atoms with van der Waals surface area (Å²) in [5, 5.41) is 0. The maximum absolute atomic E-state index is 12.8. The molecule has 0 saturated carbocycles. The van der Waals surface area contributed by atoms with Gasteiger partial charge in [0.2, 0.25) is 0 Å². The van der Waals surface area contributed by atoms with Crippen LogP contribution in [0, 0.1) is 0 Å². The van der Waals surface area contributed by atoms with Crippen molar-refractivity contribution in [3.8, 4) is 22.6 Å². The molecule has 0 unspecified atom stereocenters. The average molecular weight is 397 g/mol. The molecule has 29 heavy (non-hydrogen) atoms. The minimum atomic E-state index is -4.76. The van der Waals surface area contributed by atoms with Crippen molar-refractivity contribution in [3.63, 3.8) is 0 Å². The molecule has 1 heterocycles. The first kappa shape index (κ1) is 19.0. The van der Waals surface area contributed by atoms with E-state index >= 15 is 0 Å². The fraction of sp³-hybridized carbons (Fsp3) is 0.136. The van der Waals surface area contributed by atoms with Gasteiger partial charge in [-0.1, -0.05) is 36.4 Å². The smallest absolute Gasteiger partial charge is 0.405 e. The third kappa shape index (κ3) is 3.95. The Bertz CT molecular complexity index is 1170. The highest BCUT2D eigenvalue weighted by Crippen LogP contribution is 2.34. The summed E-state index contributed by atoms with van der Waals surface area (Å²) in [5.41, 5.74) is 10.3. The first-order chi connectivity index (χ1) is 13.8. The summed E-state index contributed by atoms with van der Waals surface area (Å²) in [4.78, 5) is 4.44. The summed E-state index contributed by atoms with van der Waals surface area (Å²) < 4.78 is 44.4. The highest BCUT2D eigenvalue weighted by atomic mass is 19.4. The topological polar surface area (TPSA) is 53.1 Å². The fourth-order valence-electron chi connectivity index (χ4n) is 3.26. The molecule has 1 aromatic heterocycles. The van der Waals surface area contributed by atoms with Gasteiger partial charge >= 0.3 is 6.36 Å². The highest BCUT2D eigenvalue weighted by molar-refractivity contribution is 5.79. The van der Waals surface area contributed by atoms with E-state index in [1.807, 2.05) is 35.8 Å². The number of hydrogen-bond donors (Lipinski definition) is 1. The second-order valence-corrected chi connectivity index (χ2v) is 6.75. The number of imidazole rings is 1. The number of alkyl halides is 3. The summed E-state index contributed by atoms with van der Waals surface area (Å²) in [6, 6.07) is 19.0. The normalized spacial score (nSPS) is 12.9. The zero-order chi connectivity index (χ0) is 20.6. The van der Waals surface area contributed by atoms with Crippen molar-refractivity contribution >= 4 is 11.0 Å². The number of para-hydroxylation sites is 1. The molecule has 0 amide bonds. The van der Waals surface area contributed by atoms with Crippen molar-refractivity contribution in [2.75, 3.05) is 0 Å². The summed E-state index contributed by atoms with van der Waals surface area (Å²) in [6.07, 6.45) is -3.07. The van der Waals surface area contributed by atoms with Crippen molar-refractivity contribution in [2.24, 2.45) is 5.73 Å². The van der Waals surface area contributed by atoms with E-state index in [1.165, 1.54) is 12.1 Å². The average Bonchev–Trinajstić information content (AvgIpc) is 3.10. The first-order valence-electron chi connectivity index (χ1n) is 9.00. The van der Waals surface area contributed by atoms with E-state index in [4.69, 9.17) is 5.73 Å². The van der Waals surface area contributed by atoms with Crippen LogP contribution >= 0.6 is 0 Å². The molecule has 0 aliphatic carbocycles. The lowest BCUT2D eigenvalue weighted by Gasteiger charge is -2.14. The predicted octanol–water partition coefficient (Wildman–Crippen LogP) is 5.61. The number of nitrogens with zero attached hydrogens (tertiary/aromatic N) is 2. The molecule has 0 spiro atoms. The molecule has 0 bridgehead atoms. The highest BCUT2D eigenvalue weighted by Gasteiger charge is 2.32. The van der Waals surface area contributed by atoms with E-state index in [-0.39, 0.29) is 11.8 Å². The van der Waals surface area contributed by atoms with E-state index in [0.29, 0.717) is 11.1 Å². The zero-order valence-electron chi connectivity index (χ0n) is 15.5. The van der Waals surface area contributed by atoms with Gasteiger partial charge in [0.1, 0.15) is 12.1 Å². The van der Waals surface area contributed by atoms with Crippen molar-refractivity contribution in [3.05, 3.63) is 78.6 Å². The van der Waals surface area contributed by atoms with Gasteiger partial charge in [0.05, 0.1) is 11.0 Å². The summed E-state index contributed by atoms with van der Waals surface area (Å²) in [5.74, 6) is -0.241. The van der Waals surface area contributed by atoms with Gasteiger partial charge in [0.25, 0.3) is 0 Å². The Balaban J connectivity index is 1.77. The standard InChI is InChI=1S/C22H18F3N3O/c1-14(26)15-9-10-20-19(12-15)27-13-28(20)17-6-4-5-16(11-17)18-7-2-3-8-21(18)29-22(23,24)25/h2-14H,26H2,1H3/t14-/m0/s1. The number of ether oxygens (including phenoxy) is 1. The van der Waals surface area contributed by atoms with Crippen molar-refractivity contribution < 1.29 is 17.9 Å². The Labute approximate surface area is 165 Å². The lowest BCUT2D eigenvalue weighted by Crippen LogP contribution is -2.17. The summed E-state index contributed by atoms with van der Waals surface area (Å²) in [6.45, 7) is 1.90. The van der Waals surface area contributed by atoms with E-state index in [9.17, 15) is 13.2 Å². The van der Waals surface area contributed by atoms with Gasteiger partial charge in [0.15, 0.2) is 0 Å². The lowest BCUT2D eigenvalue weighted by atomic mass is 10.0. The third-order valence-corrected chi connectivity index (χ3v) is 4.65. The summed E-state index contributed by atoms with van der Waals surface area (Å²) in [7, 11) is 0. The SMILES string of the molecule is C[C@H](N)c1ccc2c(c1)ncn2-c1cccc(-c2ccccc2OC(F)(F)F)c1. The van der Waals surface area contributed by atoms with Crippen LogP contribution in [0.2, 0.25) is 0 Å². The Morgan fingerprint density at radius 2 is 1.79 bits per heavy atom. The molecular weight excluding hydrogens is 379 g/mol. The van der Waals surface area contributed by atoms with Crippen LogP contribution < -0.4 is 10.5 Å². The van der Waals surface area contributed by atoms with Crippen LogP contribution in [0.1, 0.15) is 18.5 Å². The minimum absolute atomic E-state index is 0.0991. The number of benzene rings is 3. The number of fused-ring (bicyclic) bond motifs is 1. The molecular formula is C22H18F3N3O. The van der Waals surface area contributed by atoms with Crippen LogP contribution in [0.15, 0.2) is 73.1 Å². The van der Waals surface area contributed by atoms with Gasteiger partial charge in [-0.2, -0.15) is 0 Å². The van der Waals surface area contributed by atoms with E-state index in [0.717, 1.165) is 22.3 Å². The number of rotatable bonds is 4. The number of halogens is 3. The number of aromatic nitrogens is 2. The van der Waals surface area contributed by atoms with E-state index in [1.54, 1.807) is 36.7 Å². The molecule has 4 rings (SSSR count). The number of nitrogens with two attached hydrogens (primary N) is 1. The molecule has 148 valence electrons. The van der Waals surface area contributed by atoms with E-state index < -0.39 is 6.36 Å². The second kappa shape index (κ2) is 7.25. The van der Waals surface area contributed by atoms with Gasteiger partial charge in [-0.15, -0.1) is 13.2 Å². The minimum Gasteiger partial charge on any atom is -0.405 e. The molecule has 0 fully saturated rings. The van der Waals surface area contributed by atoms with Crippen LogP contribution in [0.25, 0.3) is 27.8 Å². The molecule has 4 aromatic rings.